The van der Waals surface area contributed by atoms with Crippen LogP contribution in [0.3, 0.4) is 0 Å². The molecular formula is C18H19N5O3S. The van der Waals surface area contributed by atoms with E-state index >= 15 is 0 Å². The van der Waals surface area contributed by atoms with Crippen molar-refractivity contribution < 1.29 is 14.6 Å². The molecule has 0 aliphatic carbocycles. The molecule has 3 aromatic rings. The number of nitrogens with one attached hydrogen (secondary N) is 1. The SMILES string of the molecule is Cc1cccc(OCCNC(=O)CSc2nnnn2-c2ccc(O)cc2)c1. The highest BCUT2D eigenvalue weighted by Crippen LogP contribution is 2.19. The van der Waals surface area contributed by atoms with Crippen LogP contribution < -0.4 is 10.1 Å². The summed E-state index contributed by atoms with van der Waals surface area (Å²) in [6.07, 6.45) is 0. The fraction of sp³-hybridized carbons (Fsp3) is 0.222. The van der Waals surface area contributed by atoms with Crippen LogP contribution in [0.4, 0.5) is 0 Å². The first-order valence-corrected chi connectivity index (χ1v) is 9.27. The lowest BCUT2D eigenvalue weighted by atomic mass is 10.2. The first-order chi connectivity index (χ1) is 13.1. The van der Waals surface area contributed by atoms with Crippen LogP contribution in [0.15, 0.2) is 53.7 Å². The predicted molar refractivity (Wildman–Crippen MR) is 101 cm³/mol. The van der Waals surface area contributed by atoms with Gasteiger partial charge in [0.1, 0.15) is 18.1 Å². The van der Waals surface area contributed by atoms with Gasteiger partial charge in [-0.3, -0.25) is 4.79 Å². The largest absolute Gasteiger partial charge is 0.508 e. The molecule has 0 unspecified atom stereocenters. The topological polar surface area (TPSA) is 102 Å². The maximum Gasteiger partial charge on any atom is 0.230 e. The third-order valence-electron chi connectivity index (χ3n) is 3.55. The first kappa shape index (κ1) is 18.7. The van der Waals surface area contributed by atoms with E-state index in [4.69, 9.17) is 4.74 Å². The summed E-state index contributed by atoms with van der Waals surface area (Å²) in [5.74, 6) is 0.996. The van der Waals surface area contributed by atoms with Crippen molar-refractivity contribution in [3.8, 4) is 17.2 Å². The fourth-order valence-electron chi connectivity index (χ4n) is 2.27. The molecule has 1 heterocycles. The van der Waals surface area contributed by atoms with Crippen molar-refractivity contribution in [3.05, 3.63) is 54.1 Å². The number of carbonyl (C=O) groups excluding carboxylic acids is 1. The zero-order valence-corrected chi connectivity index (χ0v) is 15.5. The maximum absolute atomic E-state index is 12.0. The van der Waals surface area contributed by atoms with Gasteiger partial charge in [0.25, 0.3) is 0 Å². The van der Waals surface area contributed by atoms with Gasteiger partial charge < -0.3 is 15.2 Å². The lowest BCUT2D eigenvalue weighted by Gasteiger charge is -2.08. The molecule has 9 heteroatoms. The average molecular weight is 385 g/mol. The Morgan fingerprint density at radius 1 is 1.26 bits per heavy atom. The highest BCUT2D eigenvalue weighted by Gasteiger charge is 2.11. The van der Waals surface area contributed by atoms with Crippen LogP contribution in [0.1, 0.15) is 5.56 Å². The van der Waals surface area contributed by atoms with Crippen LogP contribution in [0, 0.1) is 6.92 Å². The van der Waals surface area contributed by atoms with Crippen molar-refractivity contribution >= 4 is 17.7 Å². The first-order valence-electron chi connectivity index (χ1n) is 8.28. The van der Waals surface area contributed by atoms with E-state index in [0.717, 1.165) is 11.3 Å². The second kappa shape index (κ2) is 9.04. The van der Waals surface area contributed by atoms with E-state index in [0.29, 0.717) is 24.0 Å². The molecule has 0 bridgehead atoms. The van der Waals surface area contributed by atoms with E-state index in [-0.39, 0.29) is 17.4 Å². The van der Waals surface area contributed by atoms with E-state index in [2.05, 4.69) is 20.8 Å². The summed E-state index contributed by atoms with van der Waals surface area (Å²) < 4.78 is 7.11. The smallest absolute Gasteiger partial charge is 0.230 e. The summed E-state index contributed by atoms with van der Waals surface area (Å²) in [5, 5.41) is 24.1. The molecule has 0 saturated carbocycles. The van der Waals surface area contributed by atoms with Gasteiger partial charge in [-0.05, 0) is 59.3 Å². The third kappa shape index (κ3) is 5.45. The van der Waals surface area contributed by atoms with Crippen LogP contribution in [-0.4, -0.2) is 50.1 Å². The second-order valence-corrected chi connectivity index (χ2v) is 6.64. The van der Waals surface area contributed by atoms with Gasteiger partial charge in [-0.2, -0.15) is 4.68 Å². The number of phenolic OH excluding ortho intramolecular Hbond substituents is 1. The predicted octanol–water partition coefficient (Wildman–Crippen LogP) is 1.96. The number of benzene rings is 2. The van der Waals surface area contributed by atoms with E-state index < -0.39 is 0 Å². The van der Waals surface area contributed by atoms with Crippen molar-refractivity contribution in [3.63, 3.8) is 0 Å². The number of tetrazole rings is 1. The number of rotatable bonds is 8. The number of carbonyl (C=O) groups is 1. The normalized spacial score (nSPS) is 10.6. The number of thioether (sulfide) groups is 1. The number of nitrogens with zero attached hydrogens (tertiary/aromatic N) is 4. The minimum absolute atomic E-state index is 0.131. The monoisotopic (exact) mass is 385 g/mol. The molecule has 0 aliphatic heterocycles. The second-order valence-electron chi connectivity index (χ2n) is 5.69. The number of amides is 1. The molecule has 1 amide bonds. The molecule has 2 aromatic carbocycles. The summed E-state index contributed by atoms with van der Waals surface area (Å²) >= 11 is 1.23. The Labute approximate surface area is 160 Å². The van der Waals surface area contributed by atoms with Gasteiger partial charge in [0.15, 0.2) is 0 Å². The van der Waals surface area contributed by atoms with Gasteiger partial charge in [-0.25, -0.2) is 0 Å². The van der Waals surface area contributed by atoms with E-state index in [9.17, 15) is 9.90 Å². The lowest BCUT2D eigenvalue weighted by molar-refractivity contribution is -0.118. The van der Waals surface area contributed by atoms with Crippen LogP contribution in [0.2, 0.25) is 0 Å². The highest BCUT2D eigenvalue weighted by molar-refractivity contribution is 7.99. The van der Waals surface area contributed by atoms with E-state index in [1.807, 2.05) is 31.2 Å². The van der Waals surface area contributed by atoms with E-state index in [1.165, 1.54) is 16.4 Å². The number of phenols is 1. The minimum Gasteiger partial charge on any atom is -0.508 e. The molecule has 140 valence electrons. The number of aromatic nitrogens is 4. The zero-order chi connectivity index (χ0) is 19.1. The number of aromatic hydroxyl groups is 1. The van der Waals surface area contributed by atoms with Crippen LogP contribution in [0.5, 0.6) is 11.5 Å². The van der Waals surface area contributed by atoms with Crippen molar-refractivity contribution in [1.82, 2.24) is 25.5 Å². The Balaban J connectivity index is 1.43. The average Bonchev–Trinajstić information content (AvgIpc) is 3.13. The van der Waals surface area contributed by atoms with Gasteiger partial charge in [0.2, 0.25) is 11.1 Å². The molecule has 0 spiro atoms. The molecule has 27 heavy (non-hydrogen) atoms. The van der Waals surface area contributed by atoms with Crippen LogP contribution >= 0.6 is 11.8 Å². The minimum atomic E-state index is -0.131. The Kier molecular flexibility index (Phi) is 6.26. The van der Waals surface area contributed by atoms with Crippen LogP contribution in [-0.2, 0) is 4.79 Å². The fourth-order valence-corrected chi connectivity index (χ4v) is 2.99. The molecule has 0 aliphatic rings. The molecular weight excluding hydrogens is 366 g/mol. The maximum atomic E-state index is 12.0. The molecule has 8 nitrogen and oxygen atoms in total. The van der Waals surface area contributed by atoms with Gasteiger partial charge in [-0.1, -0.05) is 23.9 Å². The molecule has 0 saturated heterocycles. The Hall–Kier alpha value is -3.07. The number of hydrogen-bond donors (Lipinski definition) is 2. The Bertz CT molecular complexity index is 898. The molecule has 0 fully saturated rings. The van der Waals surface area contributed by atoms with Crippen molar-refractivity contribution in [2.45, 2.75) is 12.1 Å². The summed E-state index contributed by atoms with van der Waals surface area (Å²) in [4.78, 5) is 12.0. The van der Waals surface area contributed by atoms with Crippen LogP contribution in [0.25, 0.3) is 5.69 Å². The standard InChI is InChI=1S/C18H19N5O3S/c1-13-3-2-4-16(11-13)26-10-9-19-17(25)12-27-18-20-21-22-23(18)14-5-7-15(24)8-6-14/h2-8,11,24H,9-10,12H2,1H3,(H,19,25). The number of hydrogen-bond acceptors (Lipinski definition) is 7. The van der Waals surface area contributed by atoms with Gasteiger partial charge in [-0.15, -0.1) is 5.10 Å². The summed E-state index contributed by atoms with van der Waals surface area (Å²) in [7, 11) is 0. The van der Waals surface area contributed by atoms with Crippen molar-refractivity contribution in [1.29, 1.82) is 0 Å². The van der Waals surface area contributed by atoms with Gasteiger partial charge in [0.05, 0.1) is 18.0 Å². The number of aryl methyl sites for hydroxylation is 1. The van der Waals surface area contributed by atoms with Crippen molar-refractivity contribution in [2.75, 3.05) is 18.9 Å². The zero-order valence-electron chi connectivity index (χ0n) is 14.7. The summed E-state index contributed by atoms with van der Waals surface area (Å²) in [6, 6.07) is 14.2. The molecule has 0 radical (unpaired) electrons. The quantitative estimate of drug-likeness (QED) is 0.451. The Morgan fingerprint density at radius 3 is 2.85 bits per heavy atom. The Morgan fingerprint density at radius 2 is 2.07 bits per heavy atom. The highest BCUT2D eigenvalue weighted by atomic mass is 32.2. The molecule has 0 atom stereocenters. The van der Waals surface area contributed by atoms with Crippen molar-refractivity contribution in [2.24, 2.45) is 0 Å². The number of ether oxygens (including phenoxy) is 1. The third-order valence-corrected chi connectivity index (χ3v) is 4.47. The molecule has 3 rings (SSSR count). The molecule has 2 N–H and O–H groups in total. The lowest BCUT2D eigenvalue weighted by Crippen LogP contribution is -2.29. The van der Waals surface area contributed by atoms with Gasteiger partial charge >= 0.3 is 0 Å². The van der Waals surface area contributed by atoms with E-state index in [1.54, 1.807) is 24.3 Å². The van der Waals surface area contributed by atoms with Gasteiger partial charge in [0, 0.05) is 0 Å². The summed E-state index contributed by atoms with van der Waals surface area (Å²) in [5.41, 5.74) is 1.83. The summed E-state index contributed by atoms with van der Waals surface area (Å²) in [6.45, 7) is 2.80. The molecule has 1 aromatic heterocycles.